The molecule has 0 heterocycles. The molecule has 0 radical (unpaired) electrons. The van der Waals surface area contributed by atoms with Gasteiger partial charge in [0.15, 0.2) is 0 Å². The smallest absolute Gasteiger partial charge is 0.257 e. The topological polar surface area (TPSA) is 42.0 Å². The molecule has 0 aromatic carbocycles. The molecule has 0 N–H and O–H groups in total. The average Bonchev–Trinajstić information content (AvgIpc) is 1.53. The van der Waals surface area contributed by atoms with Crippen LogP contribution in [-0.2, 0) is 13.8 Å². The summed E-state index contributed by atoms with van der Waals surface area (Å²) >= 11 is 0. The number of hydrogen-bond acceptors (Lipinski definition) is 5. The highest BCUT2D eigenvalue weighted by molar-refractivity contribution is 7.52. The summed E-state index contributed by atoms with van der Waals surface area (Å²) in [5.41, 5.74) is 0. The van der Waals surface area contributed by atoms with Crippen molar-refractivity contribution in [2.45, 2.75) is 0 Å². The predicted molar refractivity (Wildman–Crippen MR) is 43.1 cm³/mol. The number of rotatable bonds is 4. The van der Waals surface area contributed by atoms with Crippen molar-refractivity contribution in [3.05, 3.63) is 0 Å². The first-order valence-electron chi connectivity index (χ1n) is 3.15. The van der Waals surface area contributed by atoms with Gasteiger partial charge in [0.05, 0.1) is 0 Å². The van der Waals surface area contributed by atoms with Crippen molar-refractivity contribution in [2.75, 3.05) is 34.9 Å². The van der Waals surface area contributed by atoms with E-state index in [4.69, 9.17) is 9.25 Å². The van der Waals surface area contributed by atoms with Gasteiger partial charge in [0.1, 0.15) is 0 Å². The van der Waals surface area contributed by atoms with Gasteiger partial charge in [0.25, 0.3) is 0 Å². The Hall–Kier alpha value is 0.0700. The summed E-state index contributed by atoms with van der Waals surface area (Å²) in [5, 5.41) is 2.70. The van der Waals surface area contributed by atoms with Gasteiger partial charge >= 0.3 is 7.60 Å². The van der Waals surface area contributed by atoms with Crippen LogP contribution in [0.15, 0.2) is 0 Å². The van der Waals surface area contributed by atoms with Gasteiger partial charge < -0.3 is 0 Å². The van der Waals surface area contributed by atoms with Crippen molar-refractivity contribution >= 4 is 7.60 Å². The summed E-state index contributed by atoms with van der Waals surface area (Å²) < 4.78 is 21.1. The highest BCUT2D eigenvalue weighted by Crippen LogP contribution is 2.44. The Balaban J connectivity index is 3.91. The lowest BCUT2D eigenvalue weighted by atomic mass is 11.2. The highest BCUT2D eigenvalue weighted by atomic mass is 31.2. The van der Waals surface area contributed by atoms with E-state index >= 15 is 0 Å². The normalized spacial score (nSPS) is 13.0. The van der Waals surface area contributed by atoms with Crippen LogP contribution in [0.4, 0.5) is 0 Å². The van der Waals surface area contributed by atoms with E-state index in [1.807, 2.05) is 0 Å². The largest absolute Gasteiger partial charge is 0.360 e. The molecule has 6 heteroatoms. The van der Waals surface area contributed by atoms with Gasteiger partial charge in [-0.25, -0.2) is 9.25 Å². The van der Waals surface area contributed by atoms with E-state index in [-0.39, 0.29) is 0 Å². The van der Waals surface area contributed by atoms with Crippen LogP contribution in [0.1, 0.15) is 0 Å². The van der Waals surface area contributed by atoms with Crippen LogP contribution in [0.3, 0.4) is 0 Å². The molecular weight excluding hydrogens is 167 g/mol. The summed E-state index contributed by atoms with van der Waals surface area (Å²) in [4.78, 5) is 0. The van der Waals surface area contributed by atoms with Crippen molar-refractivity contribution < 1.29 is 13.8 Å². The van der Waals surface area contributed by atoms with Crippen molar-refractivity contribution in [3.63, 3.8) is 0 Å². The van der Waals surface area contributed by atoms with E-state index in [1.54, 1.807) is 28.2 Å². The summed E-state index contributed by atoms with van der Waals surface area (Å²) in [5.74, 6) is 0. The first-order chi connectivity index (χ1) is 4.83. The van der Waals surface area contributed by atoms with Gasteiger partial charge in [-0.3, -0.25) is 4.57 Å². The third kappa shape index (κ3) is 6.47. The fourth-order valence-corrected chi connectivity index (χ4v) is 1.82. The lowest BCUT2D eigenvalue weighted by Crippen LogP contribution is -2.16. The molecule has 0 atom stereocenters. The lowest BCUT2D eigenvalue weighted by molar-refractivity contribution is -0.0750. The zero-order valence-electron chi connectivity index (χ0n) is 7.57. The van der Waals surface area contributed by atoms with E-state index < -0.39 is 7.60 Å². The van der Waals surface area contributed by atoms with Gasteiger partial charge in [-0.15, -0.1) is 0 Å². The molecule has 0 aromatic rings. The van der Waals surface area contributed by atoms with Crippen LogP contribution in [0.2, 0.25) is 0 Å². The fraction of sp³-hybridized carbons (Fsp3) is 1.00. The molecule has 5 nitrogen and oxygen atoms in total. The minimum absolute atomic E-state index is 1.35. The standard InChI is InChI=1S/C5H15N2O3P/c1-6(2)9-11(5,8)10-7(3)4/h1-5H3. The van der Waals surface area contributed by atoms with E-state index in [0.29, 0.717) is 0 Å². The number of nitrogens with zero attached hydrogens (tertiary/aromatic N) is 2. The summed E-state index contributed by atoms with van der Waals surface area (Å²) in [6.45, 7) is 1.41. The summed E-state index contributed by atoms with van der Waals surface area (Å²) in [6, 6.07) is 0. The summed E-state index contributed by atoms with van der Waals surface area (Å²) in [6.07, 6.45) is 0. The molecule has 0 aromatic heterocycles. The third-order valence-corrected chi connectivity index (χ3v) is 1.87. The highest BCUT2D eigenvalue weighted by Gasteiger charge is 2.20. The van der Waals surface area contributed by atoms with Crippen LogP contribution in [0.25, 0.3) is 0 Å². The molecule has 0 spiro atoms. The second-order valence-corrected chi connectivity index (χ2v) is 4.43. The minimum atomic E-state index is -2.95. The molecule has 68 valence electrons. The molecule has 11 heavy (non-hydrogen) atoms. The number of hydrogen-bond donors (Lipinski definition) is 0. The van der Waals surface area contributed by atoms with Gasteiger partial charge in [0, 0.05) is 34.9 Å². The van der Waals surface area contributed by atoms with Crippen molar-refractivity contribution in [2.24, 2.45) is 0 Å². The van der Waals surface area contributed by atoms with Crippen molar-refractivity contribution in [1.29, 1.82) is 0 Å². The number of hydroxylamine groups is 4. The molecule has 0 aliphatic carbocycles. The molecule has 0 aliphatic rings. The SMILES string of the molecule is CN(C)OP(C)(=O)ON(C)C. The first kappa shape index (κ1) is 11.1. The van der Waals surface area contributed by atoms with E-state index in [0.717, 1.165) is 0 Å². The molecule has 0 aliphatic heterocycles. The average molecular weight is 182 g/mol. The predicted octanol–water partition coefficient (Wildman–Crippen LogP) is 0.796. The Morgan fingerprint density at radius 1 is 1.00 bits per heavy atom. The molecule has 0 fully saturated rings. The Bertz CT molecular complexity index is 146. The Labute approximate surface area is 67.3 Å². The maximum Gasteiger partial charge on any atom is 0.360 e. The first-order valence-corrected chi connectivity index (χ1v) is 5.14. The van der Waals surface area contributed by atoms with E-state index in [9.17, 15) is 4.57 Å². The zero-order valence-corrected chi connectivity index (χ0v) is 8.46. The molecule has 0 saturated carbocycles. The maximum atomic E-state index is 11.3. The van der Waals surface area contributed by atoms with E-state index in [1.165, 1.54) is 16.8 Å². The minimum Gasteiger partial charge on any atom is -0.257 e. The molecule has 0 saturated heterocycles. The van der Waals surface area contributed by atoms with Crippen molar-refractivity contribution in [1.82, 2.24) is 10.1 Å². The molecule has 0 unspecified atom stereocenters. The molecular formula is C5H15N2O3P. The monoisotopic (exact) mass is 182 g/mol. The Morgan fingerprint density at radius 3 is 1.45 bits per heavy atom. The maximum absolute atomic E-state index is 11.3. The quantitative estimate of drug-likeness (QED) is 0.475. The molecule has 0 bridgehead atoms. The second-order valence-electron chi connectivity index (χ2n) is 2.56. The molecule has 0 rings (SSSR count). The van der Waals surface area contributed by atoms with Crippen LogP contribution < -0.4 is 0 Å². The van der Waals surface area contributed by atoms with Crippen LogP contribution in [0, 0.1) is 0 Å². The fourth-order valence-electron chi connectivity index (χ4n) is 0.608. The zero-order chi connectivity index (χ0) is 9.07. The van der Waals surface area contributed by atoms with Gasteiger partial charge in [-0.2, -0.15) is 10.1 Å². The lowest BCUT2D eigenvalue weighted by Gasteiger charge is -2.20. The van der Waals surface area contributed by atoms with Crippen LogP contribution >= 0.6 is 7.60 Å². The van der Waals surface area contributed by atoms with Gasteiger partial charge in [-0.05, 0) is 0 Å². The second kappa shape index (κ2) is 4.18. The Kier molecular flexibility index (Phi) is 4.21. The van der Waals surface area contributed by atoms with Crippen molar-refractivity contribution in [3.8, 4) is 0 Å². The molecule has 0 amide bonds. The van der Waals surface area contributed by atoms with Crippen LogP contribution in [0.5, 0.6) is 0 Å². The van der Waals surface area contributed by atoms with E-state index in [2.05, 4.69) is 0 Å². The Morgan fingerprint density at radius 2 is 1.27 bits per heavy atom. The third-order valence-electron chi connectivity index (χ3n) is 0.623. The van der Waals surface area contributed by atoms with Gasteiger partial charge in [0.2, 0.25) is 0 Å². The van der Waals surface area contributed by atoms with Crippen LogP contribution in [-0.4, -0.2) is 45.0 Å². The van der Waals surface area contributed by atoms with Gasteiger partial charge in [-0.1, -0.05) is 0 Å². The summed E-state index contributed by atoms with van der Waals surface area (Å²) in [7, 11) is 3.64.